The van der Waals surface area contributed by atoms with Crippen LogP contribution >= 0.6 is 15.9 Å². The van der Waals surface area contributed by atoms with Gasteiger partial charge in [-0.05, 0) is 49.9 Å². The van der Waals surface area contributed by atoms with Crippen LogP contribution in [-0.2, 0) is 12.8 Å². The van der Waals surface area contributed by atoms with Crippen LogP contribution in [0.5, 0.6) is 5.75 Å². The van der Waals surface area contributed by atoms with Crippen molar-refractivity contribution in [3.05, 3.63) is 63.4 Å². The Morgan fingerprint density at radius 1 is 1.23 bits per heavy atom. The summed E-state index contributed by atoms with van der Waals surface area (Å²) in [5.74, 6) is 0.321. The largest absolute Gasteiger partial charge is 0.489 e. The number of pyridine rings is 1. The van der Waals surface area contributed by atoms with Crippen LogP contribution in [0.25, 0.3) is 0 Å². The molecule has 0 spiro atoms. The summed E-state index contributed by atoms with van der Waals surface area (Å²) in [6.45, 7) is 11.9. The van der Waals surface area contributed by atoms with Gasteiger partial charge in [-0.15, -0.1) is 0 Å². The zero-order chi connectivity index (χ0) is 19.3. The second-order valence-electron chi connectivity index (χ2n) is 6.08. The molecule has 1 N–H and O–H groups in total. The second kappa shape index (κ2) is 8.99. The highest BCUT2D eigenvalue weighted by molar-refractivity contribution is 9.10. The minimum atomic E-state index is -0.208. The van der Waals surface area contributed by atoms with Gasteiger partial charge in [-0.2, -0.15) is 0 Å². The van der Waals surface area contributed by atoms with Gasteiger partial charge in [-0.25, -0.2) is 0 Å². The lowest BCUT2D eigenvalue weighted by Gasteiger charge is -2.18. The Balaban J connectivity index is 2.47. The number of nitrogens with zero attached hydrogens (tertiary/aromatic N) is 1. The summed E-state index contributed by atoms with van der Waals surface area (Å²) in [5.41, 5.74) is 4.98. The van der Waals surface area contributed by atoms with Crippen LogP contribution in [0.3, 0.4) is 0 Å². The zero-order valence-electron chi connectivity index (χ0n) is 15.8. The van der Waals surface area contributed by atoms with Crippen molar-refractivity contribution in [3.8, 4) is 5.75 Å². The van der Waals surface area contributed by atoms with Crippen LogP contribution in [0, 0.1) is 13.8 Å². The number of aromatic nitrogens is 1. The van der Waals surface area contributed by atoms with Gasteiger partial charge in [0.2, 0.25) is 0 Å². The summed E-state index contributed by atoms with van der Waals surface area (Å²) >= 11 is 3.55. The highest BCUT2D eigenvalue weighted by atomic mass is 79.9. The monoisotopic (exact) mass is 416 g/mol. The van der Waals surface area contributed by atoms with Gasteiger partial charge in [0, 0.05) is 21.9 Å². The summed E-state index contributed by atoms with van der Waals surface area (Å²) < 4.78 is 6.73. The van der Waals surface area contributed by atoms with E-state index in [9.17, 15) is 4.79 Å². The minimum Gasteiger partial charge on any atom is -0.489 e. The lowest BCUT2D eigenvalue weighted by molar-refractivity contribution is 0.102. The van der Waals surface area contributed by atoms with E-state index in [1.807, 2.05) is 26.0 Å². The van der Waals surface area contributed by atoms with Crippen LogP contribution in [0.1, 0.15) is 46.7 Å². The Morgan fingerprint density at radius 3 is 2.38 bits per heavy atom. The second-order valence-corrected chi connectivity index (χ2v) is 7.00. The number of ether oxygens (including phenoxy) is 1. The van der Waals surface area contributed by atoms with Gasteiger partial charge in [-0.1, -0.05) is 42.4 Å². The first-order valence-electron chi connectivity index (χ1n) is 8.75. The lowest BCUT2D eigenvalue weighted by Crippen LogP contribution is -2.18. The number of carbonyl (C=O) groups excluding carboxylic acids is 1. The minimum absolute atomic E-state index is 0.208. The number of benzene rings is 1. The maximum absolute atomic E-state index is 13.1. The zero-order valence-corrected chi connectivity index (χ0v) is 17.4. The van der Waals surface area contributed by atoms with Crippen LogP contribution in [-0.4, -0.2) is 17.5 Å². The standard InChI is InChI=1S/C21H25BrN2O2/c1-6-9-26-18-10-13(4)23-14(5)19(18)21(25)24-20-15(7-2)11-17(22)12-16(20)8-3/h6,10-12H,1,7-9H2,2-5H3,(H,24,25). The number of amides is 1. The molecule has 0 aliphatic heterocycles. The fourth-order valence-electron chi connectivity index (χ4n) is 2.95. The molecule has 0 radical (unpaired) electrons. The Labute approximate surface area is 163 Å². The van der Waals surface area contributed by atoms with E-state index < -0.39 is 0 Å². The summed E-state index contributed by atoms with van der Waals surface area (Å²) in [7, 11) is 0. The molecule has 5 heteroatoms. The number of hydrogen-bond donors (Lipinski definition) is 1. The third-order valence-corrected chi connectivity index (χ3v) is 4.60. The van der Waals surface area contributed by atoms with Crippen LogP contribution in [0.2, 0.25) is 0 Å². The predicted octanol–water partition coefficient (Wildman–Crippen LogP) is 5.40. The molecule has 4 nitrogen and oxygen atoms in total. The van der Waals surface area contributed by atoms with Gasteiger partial charge in [0.05, 0.1) is 5.69 Å². The molecular formula is C21H25BrN2O2. The Morgan fingerprint density at radius 2 is 1.85 bits per heavy atom. The van der Waals surface area contributed by atoms with Crippen molar-refractivity contribution < 1.29 is 9.53 Å². The molecule has 26 heavy (non-hydrogen) atoms. The molecule has 1 aromatic heterocycles. The van der Waals surface area contributed by atoms with Crippen LogP contribution in [0.15, 0.2) is 35.3 Å². The highest BCUT2D eigenvalue weighted by Crippen LogP contribution is 2.30. The Bertz CT molecular complexity index is 806. The van der Waals surface area contributed by atoms with E-state index in [1.54, 1.807) is 12.1 Å². The predicted molar refractivity (Wildman–Crippen MR) is 110 cm³/mol. The molecule has 2 aromatic rings. The molecule has 0 fully saturated rings. The topological polar surface area (TPSA) is 51.2 Å². The first-order chi connectivity index (χ1) is 12.4. The molecule has 1 amide bonds. The molecule has 0 aliphatic rings. The molecule has 0 aliphatic carbocycles. The molecule has 0 saturated heterocycles. The molecule has 0 saturated carbocycles. The summed E-state index contributed by atoms with van der Waals surface area (Å²) in [4.78, 5) is 17.5. The average molecular weight is 417 g/mol. The van der Waals surface area contributed by atoms with Crippen molar-refractivity contribution in [3.63, 3.8) is 0 Å². The van der Waals surface area contributed by atoms with Gasteiger partial charge in [0.25, 0.3) is 5.91 Å². The van der Waals surface area contributed by atoms with Crippen molar-refractivity contribution in [1.82, 2.24) is 4.98 Å². The van der Waals surface area contributed by atoms with Gasteiger partial charge < -0.3 is 10.1 Å². The van der Waals surface area contributed by atoms with Gasteiger partial charge in [-0.3, -0.25) is 9.78 Å². The maximum Gasteiger partial charge on any atom is 0.261 e. The van der Waals surface area contributed by atoms with Crippen molar-refractivity contribution in [2.45, 2.75) is 40.5 Å². The molecular weight excluding hydrogens is 392 g/mol. The highest BCUT2D eigenvalue weighted by Gasteiger charge is 2.20. The van der Waals surface area contributed by atoms with Crippen molar-refractivity contribution in [2.24, 2.45) is 0 Å². The molecule has 1 heterocycles. The van der Waals surface area contributed by atoms with Crippen molar-refractivity contribution in [2.75, 3.05) is 11.9 Å². The number of halogens is 1. The van der Waals surface area contributed by atoms with Crippen molar-refractivity contribution >= 4 is 27.5 Å². The van der Waals surface area contributed by atoms with Gasteiger partial charge >= 0.3 is 0 Å². The van der Waals surface area contributed by atoms with E-state index in [0.717, 1.165) is 39.8 Å². The fourth-order valence-corrected chi connectivity index (χ4v) is 3.50. The number of anilines is 1. The third kappa shape index (κ3) is 4.52. The Kier molecular flexibility index (Phi) is 6.98. The SMILES string of the molecule is C=CCOc1cc(C)nc(C)c1C(=O)Nc1c(CC)cc(Br)cc1CC. The van der Waals surface area contributed by atoms with E-state index in [0.29, 0.717) is 23.6 Å². The number of nitrogens with one attached hydrogen (secondary N) is 1. The number of hydrogen-bond acceptors (Lipinski definition) is 3. The number of aryl methyl sites for hydroxylation is 4. The van der Waals surface area contributed by atoms with E-state index >= 15 is 0 Å². The molecule has 138 valence electrons. The molecule has 0 bridgehead atoms. The van der Waals surface area contributed by atoms with Gasteiger partial charge in [0.1, 0.15) is 17.9 Å². The molecule has 2 rings (SSSR count). The molecule has 0 unspecified atom stereocenters. The normalized spacial score (nSPS) is 10.5. The maximum atomic E-state index is 13.1. The van der Waals surface area contributed by atoms with Crippen LogP contribution < -0.4 is 10.1 Å². The van der Waals surface area contributed by atoms with Crippen LogP contribution in [0.4, 0.5) is 5.69 Å². The van der Waals surface area contributed by atoms with E-state index in [4.69, 9.17) is 4.74 Å². The fraction of sp³-hybridized carbons (Fsp3) is 0.333. The average Bonchev–Trinajstić information content (AvgIpc) is 2.60. The first-order valence-corrected chi connectivity index (χ1v) is 9.55. The lowest BCUT2D eigenvalue weighted by atomic mass is 10.0. The smallest absolute Gasteiger partial charge is 0.261 e. The number of rotatable bonds is 7. The van der Waals surface area contributed by atoms with E-state index in [2.05, 4.69) is 46.7 Å². The third-order valence-electron chi connectivity index (χ3n) is 4.14. The van der Waals surface area contributed by atoms with Gasteiger partial charge in [0.15, 0.2) is 0 Å². The molecule has 0 atom stereocenters. The Hall–Kier alpha value is -2.14. The summed E-state index contributed by atoms with van der Waals surface area (Å²) in [6, 6.07) is 5.88. The molecule has 1 aromatic carbocycles. The van der Waals surface area contributed by atoms with Crippen molar-refractivity contribution in [1.29, 1.82) is 0 Å². The number of carbonyl (C=O) groups is 1. The summed E-state index contributed by atoms with van der Waals surface area (Å²) in [6.07, 6.45) is 3.31. The quantitative estimate of drug-likeness (QED) is 0.614. The summed E-state index contributed by atoms with van der Waals surface area (Å²) in [5, 5.41) is 3.10. The van der Waals surface area contributed by atoms with E-state index in [1.165, 1.54) is 0 Å². The first kappa shape index (κ1) is 20.2. The van der Waals surface area contributed by atoms with E-state index in [-0.39, 0.29) is 5.91 Å².